The van der Waals surface area contributed by atoms with Crippen LogP contribution in [-0.2, 0) is 26.2 Å². The van der Waals surface area contributed by atoms with Gasteiger partial charge < -0.3 is 10.2 Å². The molecule has 0 aromatic heterocycles. The van der Waals surface area contributed by atoms with Crippen molar-refractivity contribution in [2.75, 3.05) is 10.8 Å². The fraction of sp³-hybridized carbons (Fsp3) is 0.355. The predicted molar refractivity (Wildman–Crippen MR) is 169 cm³/mol. The van der Waals surface area contributed by atoms with Gasteiger partial charge in [0.15, 0.2) is 0 Å². The smallest absolute Gasteiger partial charge is 0.264 e. The zero-order chi connectivity index (χ0) is 30.4. The van der Waals surface area contributed by atoms with E-state index in [1.165, 1.54) is 17.0 Å². The molecule has 42 heavy (non-hydrogen) atoms. The highest BCUT2D eigenvalue weighted by molar-refractivity contribution is 7.92. The van der Waals surface area contributed by atoms with Crippen molar-refractivity contribution in [3.05, 3.63) is 92.9 Å². The van der Waals surface area contributed by atoms with Crippen molar-refractivity contribution in [3.8, 4) is 0 Å². The highest BCUT2D eigenvalue weighted by Gasteiger charge is 2.34. The van der Waals surface area contributed by atoms with E-state index in [0.717, 1.165) is 36.4 Å². The molecule has 0 spiro atoms. The van der Waals surface area contributed by atoms with Crippen LogP contribution in [0.3, 0.4) is 0 Å². The van der Waals surface area contributed by atoms with Crippen molar-refractivity contribution in [3.63, 3.8) is 0 Å². The topological polar surface area (TPSA) is 86.8 Å². The first-order valence-corrected chi connectivity index (χ1v) is 16.4. The van der Waals surface area contributed by atoms with Gasteiger partial charge in [0, 0.05) is 33.2 Å². The van der Waals surface area contributed by atoms with Crippen LogP contribution < -0.4 is 9.62 Å². The Morgan fingerprint density at radius 2 is 1.57 bits per heavy atom. The number of halogens is 3. The number of nitrogens with one attached hydrogen (secondary N) is 1. The molecule has 11 heteroatoms. The normalized spacial score (nSPS) is 14.7. The summed E-state index contributed by atoms with van der Waals surface area (Å²) in [7, 11) is -4.19. The van der Waals surface area contributed by atoms with E-state index in [2.05, 4.69) is 5.32 Å². The van der Waals surface area contributed by atoms with Gasteiger partial charge in [-0.05, 0) is 74.7 Å². The highest BCUT2D eigenvalue weighted by Crippen LogP contribution is 2.31. The Bertz CT molecular complexity index is 1510. The fourth-order valence-corrected chi connectivity index (χ4v) is 7.38. The van der Waals surface area contributed by atoms with Gasteiger partial charge in [-0.1, -0.05) is 78.3 Å². The van der Waals surface area contributed by atoms with Crippen LogP contribution >= 0.6 is 34.8 Å². The molecule has 0 radical (unpaired) electrons. The van der Waals surface area contributed by atoms with Gasteiger partial charge in [-0.3, -0.25) is 13.9 Å². The lowest BCUT2D eigenvalue weighted by Crippen LogP contribution is -2.53. The van der Waals surface area contributed by atoms with Crippen molar-refractivity contribution < 1.29 is 18.0 Å². The Kier molecular flexibility index (Phi) is 10.8. The lowest BCUT2D eigenvalue weighted by atomic mass is 9.95. The Morgan fingerprint density at radius 3 is 2.19 bits per heavy atom. The second kappa shape index (κ2) is 14.1. The van der Waals surface area contributed by atoms with Gasteiger partial charge in [-0.25, -0.2) is 8.42 Å². The van der Waals surface area contributed by atoms with Crippen LogP contribution in [0.15, 0.2) is 71.6 Å². The number of sulfonamides is 1. The molecule has 1 N–H and O–H groups in total. The molecular formula is C31H34Cl3N3O4S. The number of hydrogen-bond acceptors (Lipinski definition) is 4. The maximum atomic E-state index is 14.2. The molecule has 0 bridgehead atoms. The standard InChI is InChI=1S/C31H34Cl3N3O4S/c1-21-18-23(32)16-17-29(21)37(42(40,41)25-12-7-4-8-13-25)20-30(38)36(19-26-27(33)14-9-15-28(26)34)22(2)31(39)35-24-10-5-3-6-11-24/h4,7-9,12-18,22,24H,3,5-6,10-11,19-20H2,1-2H3,(H,35,39)/t22-/m1/s1. The van der Waals surface area contributed by atoms with Crippen molar-refractivity contribution in [1.82, 2.24) is 10.2 Å². The molecule has 0 unspecified atom stereocenters. The van der Waals surface area contributed by atoms with Crippen molar-refractivity contribution in [1.29, 1.82) is 0 Å². The van der Waals surface area contributed by atoms with E-state index in [1.807, 2.05) is 0 Å². The van der Waals surface area contributed by atoms with Crippen LogP contribution in [-0.4, -0.2) is 43.8 Å². The predicted octanol–water partition coefficient (Wildman–Crippen LogP) is 7.02. The average Bonchev–Trinajstić information content (AvgIpc) is 2.96. The molecule has 0 aliphatic heterocycles. The van der Waals surface area contributed by atoms with Gasteiger partial charge in [-0.15, -0.1) is 0 Å². The van der Waals surface area contributed by atoms with Crippen molar-refractivity contribution in [2.24, 2.45) is 0 Å². The molecule has 1 aliphatic rings. The number of hydrogen-bond donors (Lipinski definition) is 1. The molecule has 0 saturated heterocycles. The maximum absolute atomic E-state index is 14.2. The van der Waals surface area contributed by atoms with Gasteiger partial charge in [0.2, 0.25) is 11.8 Å². The van der Waals surface area contributed by atoms with Gasteiger partial charge in [-0.2, -0.15) is 0 Å². The summed E-state index contributed by atoms with van der Waals surface area (Å²) >= 11 is 19.1. The van der Waals surface area contributed by atoms with Crippen LogP contribution in [0.2, 0.25) is 15.1 Å². The number of benzene rings is 3. The molecule has 1 fully saturated rings. The lowest BCUT2D eigenvalue weighted by molar-refractivity contribution is -0.139. The van der Waals surface area contributed by atoms with Crippen LogP contribution in [0, 0.1) is 6.92 Å². The highest BCUT2D eigenvalue weighted by atomic mass is 35.5. The molecule has 4 rings (SSSR count). The summed E-state index contributed by atoms with van der Waals surface area (Å²) < 4.78 is 29.0. The molecule has 1 aliphatic carbocycles. The quantitative estimate of drug-likeness (QED) is 0.256. The van der Waals surface area contributed by atoms with E-state index in [0.29, 0.717) is 31.9 Å². The molecule has 7 nitrogen and oxygen atoms in total. The Labute approximate surface area is 262 Å². The van der Waals surface area contributed by atoms with Gasteiger partial charge in [0.05, 0.1) is 10.6 Å². The van der Waals surface area contributed by atoms with Crippen LogP contribution in [0.25, 0.3) is 0 Å². The maximum Gasteiger partial charge on any atom is 0.264 e. The number of amides is 2. The van der Waals surface area contributed by atoms with Crippen molar-refractivity contribution in [2.45, 2.75) is 69.5 Å². The summed E-state index contributed by atoms with van der Waals surface area (Å²) in [5.74, 6) is -0.912. The number of nitrogens with zero attached hydrogens (tertiary/aromatic N) is 2. The molecule has 2 amide bonds. The second-order valence-electron chi connectivity index (χ2n) is 10.5. The van der Waals surface area contributed by atoms with Gasteiger partial charge in [0.1, 0.15) is 12.6 Å². The first-order chi connectivity index (χ1) is 20.0. The first-order valence-electron chi connectivity index (χ1n) is 13.9. The zero-order valence-corrected chi connectivity index (χ0v) is 26.6. The monoisotopic (exact) mass is 649 g/mol. The summed E-state index contributed by atoms with van der Waals surface area (Å²) in [5.41, 5.74) is 1.33. The second-order valence-corrected chi connectivity index (χ2v) is 13.6. The number of carbonyl (C=O) groups excluding carboxylic acids is 2. The van der Waals surface area contributed by atoms with Gasteiger partial charge >= 0.3 is 0 Å². The number of carbonyl (C=O) groups is 2. The SMILES string of the molecule is Cc1cc(Cl)ccc1N(CC(=O)N(Cc1c(Cl)cccc1Cl)[C@H](C)C(=O)NC1CCCCC1)S(=O)(=O)c1ccccc1. The van der Waals surface area contributed by atoms with Crippen LogP contribution in [0.4, 0.5) is 5.69 Å². The number of rotatable bonds is 10. The summed E-state index contributed by atoms with van der Waals surface area (Å²) in [6.45, 7) is 2.70. The molecule has 0 heterocycles. The first kappa shape index (κ1) is 32.1. The molecule has 224 valence electrons. The van der Waals surface area contributed by atoms with Crippen LogP contribution in [0.5, 0.6) is 0 Å². The minimum atomic E-state index is -4.19. The summed E-state index contributed by atoms with van der Waals surface area (Å²) in [4.78, 5) is 29.0. The third-order valence-corrected chi connectivity index (χ3v) is 10.3. The molecule has 1 atom stereocenters. The lowest BCUT2D eigenvalue weighted by Gasteiger charge is -2.34. The minimum Gasteiger partial charge on any atom is -0.352 e. The third-order valence-electron chi connectivity index (χ3n) is 7.55. The molecular weight excluding hydrogens is 617 g/mol. The largest absolute Gasteiger partial charge is 0.352 e. The Balaban J connectivity index is 1.72. The summed E-state index contributed by atoms with van der Waals surface area (Å²) in [6.07, 6.45) is 4.95. The van der Waals surface area contributed by atoms with E-state index in [4.69, 9.17) is 34.8 Å². The number of aryl methyl sites for hydroxylation is 1. The molecule has 3 aromatic carbocycles. The number of anilines is 1. The Hall–Kier alpha value is -2.78. The fourth-order valence-electron chi connectivity index (χ4n) is 5.14. The Morgan fingerprint density at radius 1 is 0.929 bits per heavy atom. The van der Waals surface area contributed by atoms with E-state index in [1.54, 1.807) is 68.4 Å². The summed E-state index contributed by atoms with van der Waals surface area (Å²) in [6, 6.07) is 16.8. The summed E-state index contributed by atoms with van der Waals surface area (Å²) in [5, 5.41) is 4.18. The van der Waals surface area contributed by atoms with Gasteiger partial charge in [0.25, 0.3) is 10.0 Å². The average molecular weight is 651 g/mol. The van der Waals surface area contributed by atoms with E-state index < -0.39 is 28.5 Å². The van der Waals surface area contributed by atoms with E-state index >= 15 is 0 Å². The zero-order valence-electron chi connectivity index (χ0n) is 23.5. The van der Waals surface area contributed by atoms with Crippen LogP contribution in [0.1, 0.15) is 50.2 Å². The van der Waals surface area contributed by atoms with E-state index in [9.17, 15) is 18.0 Å². The molecule has 3 aromatic rings. The van der Waals surface area contributed by atoms with Crippen molar-refractivity contribution >= 4 is 62.3 Å². The minimum absolute atomic E-state index is 0.0240. The molecule has 1 saturated carbocycles. The third kappa shape index (κ3) is 7.59. The van der Waals surface area contributed by atoms with E-state index in [-0.39, 0.29) is 23.4 Å².